The zero-order valence-corrected chi connectivity index (χ0v) is 40.2. The molecular weight excluding hydrogens is 875 g/mol. The first-order valence-corrected chi connectivity index (χ1v) is 24.4. The molecule has 4 fully saturated rings. The van der Waals surface area contributed by atoms with Crippen LogP contribution in [0.3, 0.4) is 0 Å². The van der Waals surface area contributed by atoms with Crippen LogP contribution in [0.15, 0.2) is 72.8 Å². The van der Waals surface area contributed by atoms with Crippen molar-refractivity contribution in [1.82, 2.24) is 30.7 Å². The summed E-state index contributed by atoms with van der Waals surface area (Å²) in [6.45, 7) is 9.03. The van der Waals surface area contributed by atoms with E-state index in [0.29, 0.717) is 23.1 Å². The lowest BCUT2D eigenvalue weighted by Gasteiger charge is -2.35. The van der Waals surface area contributed by atoms with E-state index in [1.54, 1.807) is 37.8 Å². The average Bonchev–Trinajstić information content (AvgIpc) is 4.19. The fourth-order valence-corrected chi connectivity index (χ4v) is 11.5. The Balaban J connectivity index is 0.000000175. The molecule has 6 aliphatic rings. The largest absolute Gasteiger partial charge is 0.444 e. The third kappa shape index (κ3) is 10.5. The van der Waals surface area contributed by atoms with Crippen molar-refractivity contribution >= 4 is 17.9 Å². The van der Waals surface area contributed by atoms with Gasteiger partial charge in [0.1, 0.15) is 35.4 Å². The molecule has 4 aromatic carbocycles. The number of nitrogens with one attached hydrogen (secondary N) is 3. The first-order valence-electron chi connectivity index (χ1n) is 24.4. The second-order valence-electron chi connectivity index (χ2n) is 21.2. The molecule has 14 heteroatoms. The summed E-state index contributed by atoms with van der Waals surface area (Å²) in [5.41, 5.74) is 8.82. The normalized spacial score (nSPS) is 24.1. The number of hydrogen-bond acceptors (Lipinski definition) is 9. The molecule has 3 amide bonds. The Morgan fingerprint density at radius 1 is 0.681 bits per heavy atom. The van der Waals surface area contributed by atoms with Gasteiger partial charge >= 0.3 is 6.09 Å². The maximum absolute atomic E-state index is 15.2. The number of halogens is 2. The molecule has 10 rings (SSSR count). The van der Waals surface area contributed by atoms with Crippen LogP contribution in [0.4, 0.5) is 13.6 Å². The van der Waals surface area contributed by atoms with Gasteiger partial charge in [0.15, 0.2) is 0 Å². The second kappa shape index (κ2) is 19.7. The van der Waals surface area contributed by atoms with Crippen LogP contribution >= 0.6 is 0 Å². The Morgan fingerprint density at radius 3 is 1.65 bits per heavy atom. The van der Waals surface area contributed by atoms with Gasteiger partial charge in [0, 0.05) is 51.1 Å². The fraction of sp³-hybridized carbons (Fsp3) is 0.473. The van der Waals surface area contributed by atoms with E-state index < -0.39 is 35.6 Å². The topological polar surface area (TPSA) is 154 Å². The molecule has 4 heterocycles. The summed E-state index contributed by atoms with van der Waals surface area (Å²) >= 11 is 0. The van der Waals surface area contributed by atoms with E-state index in [1.165, 1.54) is 34.4 Å². The van der Waals surface area contributed by atoms with E-state index in [-0.39, 0.29) is 48.5 Å². The summed E-state index contributed by atoms with van der Waals surface area (Å²) < 4.78 is 35.6. The van der Waals surface area contributed by atoms with Crippen molar-refractivity contribution in [3.63, 3.8) is 0 Å². The Labute approximate surface area is 404 Å². The quantitative estimate of drug-likeness (QED) is 0.144. The lowest BCUT2D eigenvalue weighted by Crippen LogP contribution is -2.55. The lowest BCUT2D eigenvalue weighted by atomic mass is 9.96. The molecule has 2 saturated heterocycles. The van der Waals surface area contributed by atoms with Gasteiger partial charge in [0.25, 0.3) is 0 Å². The number of carbonyl (C=O) groups excluding carboxylic acids is 3. The summed E-state index contributed by atoms with van der Waals surface area (Å²) in [5.74, 6) is -0.885. The molecule has 12 nitrogen and oxygen atoms in total. The van der Waals surface area contributed by atoms with Crippen LogP contribution in [-0.4, -0.2) is 88.6 Å². The number of fused-ring (bicyclic) bond motifs is 6. The van der Waals surface area contributed by atoms with Crippen LogP contribution in [0.2, 0.25) is 0 Å². The monoisotopic (exact) mass is 936 g/mol. The molecule has 2 saturated carbocycles. The van der Waals surface area contributed by atoms with Crippen molar-refractivity contribution in [2.75, 3.05) is 14.1 Å². The first kappa shape index (κ1) is 47.9. The van der Waals surface area contributed by atoms with Crippen LogP contribution in [0.1, 0.15) is 92.7 Å². The van der Waals surface area contributed by atoms with Gasteiger partial charge < -0.3 is 20.7 Å². The van der Waals surface area contributed by atoms with Crippen molar-refractivity contribution in [1.29, 1.82) is 10.5 Å². The van der Waals surface area contributed by atoms with Crippen LogP contribution in [0, 0.1) is 46.1 Å². The zero-order valence-electron chi connectivity index (χ0n) is 40.2. The van der Waals surface area contributed by atoms with Crippen molar-refractivity contribution in [3.05, 3.63) is 118 Å². The van der Waals surface area contributed by atoms with Gasteiger partial charge in [-0.25, -0.2) is 13.6 Å². The molecule has 0 unspecified atom stereocenters. The Morgan fingerprint density at radius 2 is 1.17 bits per heavy atom. The highest BCUT2D eigenvalue weighted by molar-refractivity contribution is 5.88. The van der Waals surface area contributed by atoms with Crippen molar-refractivity contribution in [3.8, 4) is 34.4 Å². The van der Waals surface area contributed by atoms with E-state index in [1.807, 2.05) is 24.3 Å². The number of carbonyl (C=O) groups is 3. The van der Waals surface area contributed by atoms with E-state index in [0.717, 1.165) is 87.0 Å². The van der Waals surface area contributed by atoms with E-state index in [4.69, 9.17) is 4.74 Å². The summed E-state index contributed by atoms with van der Waals surface area (Å²) in [6, 6.07) is 24.7. The number of benzene rings is 4. The molecule has 8 atom stereocenters. The third-order valence-corrected chi connectivity index (χ3v) is 14.8. The number of nitrogens with zero attached hydrogens (tertiary/aromatic N) is 5. The minimum Gasteiger partial charge on any atom is -0.444 e. The van der Waals surface area contributed by atoms with Crippen molar-refractivity contribution < 1.29 is 27.9 Å². The number of likely N-dealkylation sites (tertiary alicyclic amines) is 1. The van der Waals surface area contributed by atoms with Crippen molar-refractivity contribution in [2.45, 2.75) is 140 Å². The number of hydrogen-bond donors (Lipinski definition) is 3. The molecular formula is C55H62F2N8O4. The molecule has 2 aliphatic carbocycles. The van der Waals surface area contributed by atoms with Crippen LogP contribution in [-0.2, 0) is 53.3 Å². The van der Waals surface area contributed by atoms with Crippen LogP contribution < -0.4 is 16.0 Å². The van der Waals surface area contributed by atoms with Gasteiger partial charge in [-0.15, -0.1) is 0 Å². The molecule has 0 aromatic heterocycles. The first-order chi connectivity index (χ1) is 33.0. The van der Waals surface area contributed by atoms with Gasteiger partial charge in [-0.05, 0) is 165 Å². The number of nitriles is 2. The molecule has 0 radical (unpaired) electrons. The highest BCUT2D eigenvalue weighted by Crippen LogP contribution is 2.43. The number of ether oxygens (including phenoxy) is 1. The fourth-order valence-electron chi connectivity index (χ4n) is 11.5. The molecule has 360 valence electrons. The third-order valence-electron chi connectivity index (χ3n) is 14.8. The van der Waals surface area contributed by atoms with Gasteiger partial charge in [0.05, 0.1) is 18.2 Å². The summed E-state index contributed by atoms with van der Waals surface area (Å²) in [7, 11) is 4.16. The second-order valence-corrected chi connectivity index (χ2v) is 21.2. The highest BCUT2D eigenvalue weighted by Gasteiger charge is 2.53. The lowest BCUT2D eigenvalue weighted by molar-refractivity contribution is -0.128. The zero-order chi connectivity index (χ0) is 48.7. The van der Waals surface area contributed by atoms with Gasteiger partial charge in [-0.3, -0.25) is 24.3 Å². The van der Waals surface area contributed by atoms with E-state index in [2.05, 4.69) is 76.2 Å². The van der Waals surface area contributed by atoms with E-state index >= 15 is 4.39 Å². The van der Waals surface area contributed by atoms with Crippen molar-refractivity contribution in [2.24, 2.45) is 11.8 Å². The minimum absolute atomic E-state index is 0.0317. The number of rotatable bonds is 10. The molecule has 69 heavy (non-hydrogen) atoms. The van der Waals surface area contributed by atoms with Crippen LogP contribution in [0.5, 0.6) is 0 Å². The smallest absolute Gasteiger partial charge is 0.411 e. The molecule has 4 aromatic rings. The Bertz CT molecular complexity index is 2730. The van der Waals surface area contributed by atoms with Gasteiger partial charge in [-0.1, -0.05) is 48.5 Å². The summed E-state index contributed by atoms with van der Waals surface area (Å²) in [4.78, 5) is 44.8. The van der Waals surface area contributed by atoms with Gasteiger partial charge in [0.2, 0.25) is 11.8 Å². The standard InChI is InChI=1S/C30H35FN4O3.C25H27FN4O/c1-30(2,3)38-29(37)35-25-10-9-21(13-25)27(35)28(36)33-24(15-32)12-20-7-5-19(14-26(20)31)18-6-8-22-16-34(4)17-23(22)11-18;1-30-13-19-5-3-15(8-20(19)14-30)16-2-4-17(23(26)11-16)9-22(12-27)29-25(31)24-18-6-7-21(10-18)28-24/h5-8,11,14,21,24-25,27H,9-10,12-13,16-17H2,1-4H3,(H,33,36);2-5,8,11,18,21-22,24,28H,6-7,9-10,13-14H2,1H3,(H,29,31)/t21-,24-,25+,27-;18-,21+,22-,24-/m00/s1. The molecule has 0 spiro atoms. The Kier molecular flexibility index (Phi) is 13.6. The summed E-state index contributed by atoms with van der Waals surface area (Å²) in [5, 5.41) is 28.2. The number of piperidine rings is 2. The molecule has 3 N–H and O–H groups in total. The Hall–Kier alpha value is -6.19. The van der Waals surface area contributed by atoms with Gasteiger partial charge in [-0.2, -0.15) is 10.5 Å². The minimum atomic E-state index is -0.919. The predicted molar refractivity (Wildman–Crippen MR) is 258 cm³/mol. The van der Waals surface area contributed by atoms with Crippen LogP contribution in [0.25, 0.3) is 22.3 Å². The SMILES string of the molecule is CN1Cc2ccc(-c3ccc(C[C@@H](C#N)NC(=O)[C@@H]4[C@H]5CC[C@H](C5)N4C(=O)OC(C)(C)C)c(F)c3)cc2C1.CN1Cc2ccc(-c3ccc(C[C@@H](C#N)NC(=O)[C@H]4N[C@@H]5CC[C@H]4C5)c(F)c3)cc2C1. The average molecular weight is 937 g/mol. The van der Waals surface area contributed by atoms with E-state index in [9.17, 15) is 29.3 Å². The molecule has 4 aliphatic heterocycles. The highest BCUT2D eigenvalue weighted by atomic mass is 19.1. The number of amides is 3. The summed E-state index contributed by atoms with van der Waals surface area (Å²) in [6.07, 6.45) is 5.35. The molecule has 4 bridgehead atoms. The maximum atomic E-state index is 15.2. The maximum Gasteiger partial charge on any atom is 0.411 e. The predicted octanol–water partition coefficient (Wildman–Crippen LogP) is 7.91.